The molecule has 0 aliphatic rings. The molecule has 0 amide bonds. The van der Waals surface area contributed by atoms with Gasteiger partial charge in [-0.05, 0) is 47.7 Å². The maximum absolute atomic E-state index is 13.5. The molecule has 0 spiro atoms. The van der Waals surface area contributed by atoms with Crippen LogP contribution in [0.25, 0.3) is 6.08 Å². The van der Waals surface area contributed by atoms with Crippen LogP contribution in [0.4, 0.5) is 8.78 Å². The summed E-state index contributed by atoms with van der Waals surface area (Å²) in [6.45, 7) is 4.17. The van der Waals surface area contributed by atoms with E-state index in [0.717, 1.165) is 11.1 Å². The smallest absolute Gasteiger partial charge is 0.311 e. The minimum absolute atomic E-state index is 0.0516. The highest BCUT2D eigenvalue weighted by atomic mass is 19.1. The normalized spacial score (nSPS) is 11.7. The first-order chi connectivity index (χ1) is 16.8. The number of Topliss-reactive ketones (excluding diaryl/α,β-unsaturated/α-hetero) is 1. The summed E-state index contributed by atoms with van der Waals surface area (Å²) < 4.78 is 34.0. The lowest BCUT2D eigenvalue weighted by Crippen LogP contribution is -2.15. The van der Waals surface area contributed by atoms with E-state index in [4.69, 9.17) is 10.1 Å². The molecule has 2 aromatic carbocycles. The predicted molar refractivity (Wildman–Crippen MR) is 129 cm³/mol. The molecule has 8 heteroatoms. The molecular weight excluding hydrogens is 452 g/mol. The largest absolute Gasteiger partial charge is 0.422 e. The molecule has 6 nitrogen and oxygen atoms in total. The molecule has 0 saturated carbocycles. The van der Waals surface area contributed by atoms with E-state index in [2.05, 4.69) is 4.98 Å². The van der Waals surface area contributed by atoms with Crippen LogP contribution in [0.1, 0.15) is 49.6 Å². The van der Waals surface area contributed by atoms with Gasteiger partial charge in [-0.2, -0.15) is 0 Å². The third-order valence-electron chi connectivity index (χ3n) is 5.38. The van der Waals surface area contributed by atoms with E-state index >= 15 is 0 Å². The Morgan fingerprint density at radius 1 is 1.03 bits per heavy atom. The van der Waals surface area contributed by atoms with E-state index in [1.807, 2.05) is 13.8 Å². The average Bonchev–Trinajstić information content (AvgIpc) is 3.26. The fourth-order valence-corrected chi connectivity index (χ4v) is 3.67. The number of ketones is 1. The molecule has 0 bridgehead atoms. The number of ether oxygens (including phenoxy) is 1. The van der Waals surface area contributed by atoms with Gasteiger partial charge in [0.15, 0.2) is 5.76 Å². The zero-order valence-corrected chi connectivity index (χ0v) is 19.6. The topological polar surface area (TPSA) is 85.0 Å². The number of aryl methyl sites for hydroxylation is 1. The highest BCUT2D eigenvalue weighted by molar-refractivity contribution is 6.34. The van der Waals surface area contributed by atoms with E-state index in [1.54, 1.807) is 41.2 Å². The van der Waals surface area contributed by atoms with Gasteiger partial charge in [0, 0.05) is 37.4 Å². The molecule has 0 unspecified atom stereocenters. The van der Waals surface area contributed by atoms with Crippen LogP contribution in [0, 0.1) is 23.0 Å². The van der Waals surface area contributed by atoms with Gasteiger partial charge in [-0.25, -0.2) is 13.8 Å². The Bertz CT molecular complexity index is 1150. The number of nitrogens with one attached hydrogen (secondary N) is 1. The van der Waals surface area contributed by atoms with E-state index in [-0.39, 0.29) is 35.7 Å². The second kappa shape index (κ2) is 12.0. The zero-order chi connectivity index (χ0) is 25.4. The standard InChI is InChI=1S/C27H27F2N3O3/c1-18(2)15-27(34)35-25(24(33)17-30)16-26-31-12-14-32(26)13-11-23(19-3-7-21(28)8-4-19)20-5-9-22(29)10-6-20/h3-10,12,14,16-18,23,30H,11,13,15H2,1-2H3/b25-16-,30-17?. The second-order valence-electron chi connectivity index (χ2n) is 8.51. The molecule has 1 heterocycles. The number of rotatable bonds is 11. The number of imidazole rings is 1. The van der Waals surface area contributed by atoms with Crippen molar-refractivity contribution in [2.75, 3.05) is 0 Å². The lowest BCUT2D eigenvalue weighted by atomic mass is 9.88. The highest BCUT2D eigenvalue weighted by Gasteiger charge is 2.18. The van der Waals surface area contributed by atoms with Crippen molar-refractivity contribution in [3.63, 3.8) is 0 Å². The van der Waals surface area contributed by atoms with Crippen molar-refractivity contribution in [3.05, 3.63) is 95.3 Å². The molecule has 0 fully saturated rings. The summed E-state index contributed by atoms with van der Waals surface area (Å²) in [6.07, 6.45) is 5.90. The molecule has 1 aromatic heterocycles. The Balaban J connectivity index is 1.85. The van der Waals surface area contributed by atoms with Gasteiger partial charge in [0.1, 0.15) is 17.5 Å². The van der Waals surface area contributed by atoms with Crippen LogP contribution in [-0.2, 0) is 20.9 Å². The Morgan fingerprint density at radius 3 is 2.11 bits per heavy atom. The van der Waals surface area contributed by atoms with E-state index < -0.39 is 11.8 Å². The molecule has 3 rings (SSSR count). The highest BCUT2D eigenvalue weighted by Crippen LogP contribution is 2.29. The summed E-state index contributed by atoms with van der Waals surface area (Å²) in [6, 6.07) is 12.4. The summed E-state index contributed by atoms with van der Waals surface area (Å²) in [5.74, 6) is -1.98. The van der Waals surface area contributed by atoms with Gasteiger partial charge in [-0.1, -0.05) is 38.1 Å². The number of allylic oxidation sites excluding steroid dienone is 1. The summed E-state index contributed by atoms with van der Waals surface area (Å²) in [5, 5.41) is 7.28. The van der Waals surface area contributed by atoms with Gasteiger partial charge < -0.3 is 14.7 Å². The number of hydrogen-bond acceptors (Lipinski definition) is 5. The number of aromatic nitrogens is 2. The van der Waals surface area contributed by atoms with Crippen molar-refractivity contribution in [3.8, 4) is 0 Å². The van der Waals surface area contributed by atoms with Gasteiger partial charge in [-0.15, -0.1) is 0 Å². The van der Waals surface area contributed by atoms with E-state index in [0.29, 0.717) is 25.0 Å². The van der Waals surface area contributed by atoms with Gasteiger partial charge in [0.05, 0.1) is 6.21 Å². The molecule has 1 N–H and O–H groups in total. The molecule has 0 aliphatic heterocycles. The van der Waals surface area contributed by atoms with Crippen LogP contribution in [0.15, 0.2) is 66.7 Å². The lowest BCUT2D eigenvalue weighted by molar-refractivity contribution is -0.142. The number of esters is 1. The minimum atomic E-state index is -0.743. The van der Waals surface area contributed by atoms with Crippen LogP contribution in [-0.4, -0.2) is 27.5 Å². The lowest BCUT2D eigenvalue weighted by Gasteiger charge is -2.19. The number of benzene rings is 2. The Labute approximate surface area is 202 Å². The van der Waals surface area contributed by atoms with Crippen molar-refractivity contribution in [2.45, 2.75) is 39.2 Å². The Morgan fingerprint density at radius 2 is 1.60 bits per heavy atom. The monoisotopic (exact) mass is 479 g/mol. The maximum Gasteiger partial charge on any atom is 0.311 e. The summed E-state index contributed by atoms with van der Waals surface area (Å²) >= 11 is 0. The van der Waals surface area contributed by atoms with Crippen LogP contribution in [0.3, 0.4) is 0 Å². The molecule has 3 aromatic rings. The van der Waals surface area contributed by atoms with Gasteiger partial charge >= 0.3 is 5.97 Å². The molecule has 182 valence electrons. The molecule has 0 radical (unpaired) electrons. The number of halogens is 2. The van der Waals surface area contributed by atoms with Crippen LogP contribution in [0.2, 0.25) is 0 Å². The maximum atomic E-state index is 13.5. The number of hydrogen-bond donors (Lipinski definition) is 1. The van der Waals surface area contributed by atoms with Crippen LogP contribution in [0.5, 0.6) is 0 Å². The first kappa shape index (κ1) is 25.7. The fraction of sp³-hybridized carbons (Fsp3) is 0.259. The van der Waals surface area contributed by atoms with Crippen molar-refractivity contribution >= 4 is 24.0 Å². The van der Waals surface area contributed by atoms with Crippen molar-refractivity contribution in [1.29, 1.82) is 5.41 Å². The number of nitrogens with zero attached hydrogens (tertiary/aromatic N) is 2. The van der Waals surface area contributed by atoms with Gasteiger partial charge in [-0.3, -0.25) is 9.59 Å². The molecule has 0 aliphatic carbocycles. The molecule has 35 heavy (non-hydrogen) atoms. The summed E-state index contributed by atoms with van der Waals surface area (Å²) in [7, 11) is 0. The van der Waals surface area contributed by atoms with Gasteiger partial charge in [0.2, 0.25) is 5.78 Å². The van der Waals surface area contributed by atoms with Crippen molar-refractivity contribution in [2.24, 2.45) is 5.92 Å². The van der Waals surface area contributed by atoms with Crippen LogP contribution < -0.4 is 0 Å². The zero-order valence-electron chi connectivity index (χ0n) is 19.6. The van der Waals surface area contributed by atoms with Crippen molar-refractivity contribution < 1.29 is 23.1 Å². The predicted octanol–water partition coefficient (Wildman–Crippen LogP) is 5.53. The number of carbonyl (C=O) groups excluding carboxylic acids is 2. The van der Waals surface area contributed by atoms with Crippen molar-refractivity contribution in [1.82, 2.24) is 9.55 Å². The second-order valence-corrected chi connectivity index (χ2v) is 8.51. The Kier molecular flexibility index (Phi) is 8.78. The van der Waals surface area contributed by atoms with Crippen LogP contribution >= 0.6 is 0 Å². The quantitative estimate of drug-likeness (QED) is 0.170. The fourth-order valence-electron chi connectivity index (χ4n) is 3.67. The number of carbonyl (C=O) groups is 2. The summed E-state index contributed by atoms with van der Waals surface area (Å²) in [5.41, 5.74) is 1.75. The summed E-state index contributed by atoms with van der Waals surface area (Å²) in [4.78, 5) is 28.5. The van der Waals surface area contributed by atoms with E-state index in [9.17, 15) is 18.4 Å². The Hall–Kier alpha value is -3.94. The third-order valence-corrected chi connectivity index (χ3v) is 5.38. The molecular formula is C27H27F2N3O3. The molecule has 0 saturated heterocycles. The average molecular weight is 480 g/mol. The first-order valence-corrected chi connectivity index (χ1v) is 11.3. The van der Waals surface area contributed by atoms with Gasteiger partial charge in [0.25, 0.3) is 0 Å². The molecule has 0 atom stereocenters. The first-order valence-electron chi connectivity index (χ1n) is 11.3. The minimum Gasteiger partial charge on any atom is -0.422 e. The SMILES string of the molecule is CC(C)CC(=O)O/C(=C\c1nccn1CCC(c1ccc(F)cc1)c1ccc(F)cc1)C(=O)C=N. The van der Waals surface area contributed by atoms with E-state index in [1.165, 1.54) is 30.3 Å². The third kappa shape index (κ3) is 7.27.